The molecule has 0 unspecified atom stereocenters. The van der Waals surface area contributed by atoms with Crippen LogP contribution in [0.25, 0.3) is 6.08 Å². The highest BCUT2D eigenvalue weighted by atomic mass is 32.2. The van der Waals surface area contributed by atoms with E-state index in [-0.39, 0.29) is 27.7 Å². The van der Waals surface area contributed by atoms with Crippen LogP contribution in [0.2, 0.25) is 0 Å². The van der Waals surface area contributed by atoms with E-state index in [2.05, 4.69) is 9.47 Å². The molecule has 2 aromatic rings. The molecule has 0 aromatic heterocycles. The summed E-state index contributed by atoms with van der Waals surface area (Å²) in [6.07, 6.45) is 1.43. The Morgan fingerprint density at radius 2 is 1.74 bits per heavy atom. The average Bonchev–Trinajstić information content (AvgIpc) is 3.11. The molecule has 1 aliphatic rings. The van der Waals surface area contributed by atoms with Crippen molar-refractivity contribution < 1.29 is 43.0 Å². The maximum Gasteiger partial charge on any atom is 0.338 e. The number of benzene rings is 2. The summed E-state index contributed by atoms with van der Waals surface area (Å²) in [5.41, 5.74) is -0.0124. The number of ether oxygens (including phenoxy) is 4. The Balaban J connectivity index is 1.88. The molecule has 35 heavy (non-hydrogen) atoms. The largest absolute Gasteiger partial charge is 0.493 e. The fraction of sp³-hybridized carbons (Fsp3) is 0.182. The first-order valence-electron chi connectivity index (χ1n) is 9.73. The Bertz CT molecular complexity index is 1260. The number of carbonyl (C=O) groups excluding carboxylic acids is 4. The van der Waals surface area contributed by atoms with Gasteiger partial charge >= 0.3 is 17.6 Å². The van der Waals surface area contributed by atoms with Crippen LogP contribution in [-0.4, -0.2) is 60.8 Å². The van der Waals surface area contributed by atoms with E-state index in [4.69, 9.17) is 9.47 Å². The van der Waals surface area contributed by atoms with Crippen molar-refractivity contribution in [2.75, 3.05) is 27.9 Å². The minimum absolute atomic E-state index is 0.0185. The molecule has 2 aromatic carbocycles. The van der Waals surface area contributed by atoms with Crippen molar-refractivity contribution in [1.29, 1.82) is 0 Å². The maximum absolute atomic E-state index is 12.5. The second kappa shape index (κ2) is 10.7. The number of methoxy groups -OCH3 is 3. The van der Waals surface area contributed by atoms with E-state index in [1.807, 2.05) is 0 Å². The summed E-state index contributed by atoms with van der Waals surface area (Å²) < 4.78 is 20.1. The molecule has 1 aliphatic heterocycles. The average molecular weight is 502 g/mol. The van der Waals surface area contributed by atoms with Gasteiger partial charge in [0.15, 0.2) is 11.5 Å². The molecule has 2 amide bonds. The van der Waals surface area contributed by atoms with Crippen molar-refractivity contribution in [2.45, 2.75) is 0 Å². The molecule has 3 rings (SSSR count). The fourth-order valence-corrected chi connectivity index (χ4v) is 3.79. The highest BCUT2D eigenvalue weighted by molar-refractivity contribution is 8.18. The Hall–Kier alpha value is -4.39. The van der Waals surface area contributed by atoms with E-state index < -0.39 is 40.2 Å². The number of nitrogens with zero attached hydrogens (tertiary/aromatic N) is 2. The van der Waals surface area contributed by atoms with Crippen LogP contribution in [0, 0.1) is 10.1 Å². The molecule has 0 N–H and O–H groups in total. The lowest BCUT2D eigenvalue weighted by Gasteiger charge is -2.12. The third-order valence-corrected chi connectivity index (χ3v) is 5.58. The first-order chi connectivity index (χ1) is 16.7. The van der Waals surface area contributed by atoms with Crippen LogP contribution >= 0.6 is 11.8 Å². The molecule has 0 radical (unpaired) electrons. The molecule has 0 bridgehead atoms. The molecular formula is C22H18N2O10S. The van der Waals surface area contributed by atoms with Gasteiger partial charge in [-0.3, -0.25) is 29.4 Å². The summed E-state index contributed by atoms with van der Waals surface area (Å²) in [6.45, 7) is -0.498. The number of hydrogen-bond donors (Lipinski definition) is 0. The van der Waals surface area contributed by atoms with Gasteiger partial charge in [0.1, 0.15) is 6.54 Å². The predicted octanol–water partition coefficient (Wildman–Crippen LogP) is 3.39. The van der Waals surface area contributed by atoms with Crippen molar-refractivity contribution in [3.8, 4) is 17.2 Å². The summed E-state index contributed by atoms with van der Waals surface area (Å²) >= 11 is 0.666. The highest BCUT2D eigenvalue weighted by Crippen LogP contribution is 2.38. The summed E-state index contributed by atoms with van der Waals surface area (Å²) in [5, 5.41) is 10.9. The maximum atomic E-state index is 12.5. The molecule has 0 aliphatic carbocycles. The monoisotopic (exact) mass is 502 g/mol. The molecule has 1 saturated heterocycles. The zero-order valence-corrected chi connectivity index (χ0v) is 19.5. The smallest absolute Gasteiger partial charge is 0.338 e. The van der Waals surface area contributed by atoms with E-state index in [0.717, 1.165) is 25.2 Å². The minimum Gasteiger partial charge on any atom is -0.493 e. The van der Waals surface area contributed by atoms with Crippen LogP contribution in [0.3, 0.4) is 0 Å². The fourth-order valence-electron chi connectivity index (χ4n) is 2.95. The van der Waals surface area contributed by atoms with Gasteiger partial charge in [-0.25, -0.2) is 4.79 Å². The zero-order valence-electron chi connectivity index (χ0n) is 18.6. The van der Waals surface area contributed by atoms with Crippen LogP contribution in [0.15, 0.2) is 41.3 Å². The lowest BCUT2D eigenvalue weighted by molar-refractivity contribution is -0.385. The second-order valence-corrected chi connectivity index (χ2v) is 7.78. The van der Waals surface area contributed by atoms with Gasteiger partial charge in [-0.15, -0.1) is 0 Å². The SMILES string of the molecule is COC(=O)CN1C(=O)S/C(=C\c2ccc(Oc3ccc(C(=O)OC)cc3[N+](=O)[O-])c(OC)c2)C1=O. The minimum atomic E-state index is -0.738. The van der Waals surface area contributed by atoms with Crippen molar-refractivity contribution in [3.05, 3.63) is 62.5 Å². The number of nitro benzene ring substituents is 1. The molecular weight excluding hydrogens is 484 g/mol. The number of carbonyl (C=O) groups is 4. The number of hydrogen-bond acceptors (Lipinski definition) is 11. The first kappa shape index (κ1) is 25.2. The van der Waals surface area contributed by atoms with Crippen molar-refractivity contribution in [3.63, 3.8) is 0 Å². The number of imide groups is 1. The lowest BCUT2D eigenvalue weighted by Crippen LogP contribution is -2.34. The quantitative estimate of drug-likeness (QED) is 0.226. The second-order valence-electron chi connectivity index (χ2n) is 6.79. The zero-order chi connectivity index (χ0) is 25.7. The molecule has 0 spiro atoms. The van der Waals surface area contributed by atoms with E-state index in [1.165, 1.54) is 37.5 Å². The van der Waals surface area contributed by atoms with Crippen LogP contribution in [0.5, 0.6) is 17.2 Å². The van der Waals surface area contributed by atoms with Gasteiger partial charge in [-0.2, -0.15) is 0 Å². The summed E-state index contributed by atoms with van der Waals surface area (Å²) in [5.74, 6) is -1.96. The molecule has 12 nitrogen and oxygen atoms in total. The van der Waals surface area contributed by atoms with Gasteiger partial charge < -0.3 is 18.9 Å². The third kappa shape index (κ3) is 5.58. The first-order valence-corrected chi connectivity index (χ1v) is 10.5. The van der Waals surface area contributed by atoms with Crippen molar-refractivity contribution in [2.24, 2.45) is 0 Å². The van der Waals surface area contributed by atoms with Gasteiger partial charge in [0.05, 0.1) is 36.7 Å². The van der Waals surface area contributed by atoms with Crippen LogP contribution < -0.4 is 9.47 Å². The van der Waals surface area contributed by atoms with E-state index in [0.29, 0.717) is 17.3 Å². The topological polar surface area (TPSA) is 152 Å². The Morgan fingerprint density at radius 3 is 2.37 bits per heavy atom. The standard InChI is InChI=1S/C22H18N2O10S/c1-31-17-8-12(9-18-20(26)23(22(28)35-18)11-19(25)32-2)4-6-16(17)34-15-7-5-13(21(27)33-3)10-14(15)24(29)30/h4-10H,11H2,1-3H3/b18-9-. The van der Waals surface area contributed by atoms with Crippen molar-refractivity contribution in [1.82, 2.24) is 4.90 Å². The molecule has 13 heteroatoms. The normalized spacial score (nSPS) is 14.1. The summed E-state index contributed by atoms with van der Waals surface area (Å²) in [7, 11) is 3.66. The van der Waals surface area contributed by atoms with Gasteiger partial charge in [0.2, 0.25) is 5.75 Å². The molecule has 0 atom stereocenters. The Morgan fingerprint density at radius 1 is 1.03 bits per heavy atom. The molecule has 182 valence electrons. The van der Waals surface area contributed by atoms with Crippen molar-refractivity contribution >= 4 is 46.6 Å². The van der Waals surface area contributed by atoms with Crippen LogP contribution in [0.1, 0.15) is 15.9 Å². The van der Waals surface area contributed by atoms with Gasteiger partial charge in [-0.1, -0.05) is 6.07 Å². The predicted molar refractivity (Wildman–Crippen MR) is 122 cm³/mol. The number of thioether (sulfide) groups is 1. The highest BCUT2D eigenvalue weighted by Gasteiger charge is 2.36. The number of esters is 2. The third-order valence-electron chi connectivity index (χ3n) is 4.67. The number of nitro groups is 1. The Kier molecular flexibility index (Phi) is 7.71. The Labute approximate surface area is 202 Å². The van der Waals surface area contributed by atoms with E-state index in [1.54, 1.807) is 6.07 Å². The number of amides is 2. The van der Waals surface area contributed by atoms with E-state index >= 15 is 0 Å². The van der Waals surface area contributed by atoms with E-state index in [9.17, 15) is 29.3 Å². The number of rotatable bonds is 8. The lowest BCUT2D eigenvalue weighted by atomic mass is 10.1. The van der Waals surface area contributed by atoms with Gasteiger partial charge in [0, 0.05) is 6.07 Å². The van der Waals surface area contributed by atoms with Gasteiger partial charge in [-0.05, 0) is 47.7 Å². The molecule has 1 heterocycles. The van der Waals surface area contributed by atoms with Crippen LogP contribution in [0.4, 0.5) is 10.5 Å². The van der Waals surface area contributed by atoms with Crippen LogP contribution in [-0.2, 0) is 19.1 Å². The van der Waals surface area contributed by atoms with Gasteiger partial charge in [0.25, 0.3) is 11.1 Å². The molecule has 0 saturated carbocycles. The summed E-state index contributed by atoms with van der Waals surface area (Å²) in [4.78, 5) is 59.3. The molecule has 1 fully saturated rings. The summed E-state index contributed by atoms with van der Waals surface area (Å²) in [6, 6.07) is 8.11.